The second kappa shape index (κ2) is 8.69. The van der Waals surface area contributed by atoms with E-state index in [1.54, 1.807) is 12.4 Å². The molecule has 0 amide bonds. The van der Waals surface area contributed by atoms with Crippen molar-refractivity contribution in [3.05, 3.63) is 12.4 Å². The highest BCUT2D eigenvalue weighted by molar-refractivity contribution is 5.41. The Labute approximate surface area is 110 Å². The van der Waals surface area contributed by atoms with Crippen LogP contribution in [0.4, 0.5) is 11.6 Å². The minimum Gasteiger partial charge on any atom is -0.369 e. The molecule has 5 heteroatoms. The lowest BCUT2D eigenvalue weighted by atomic mass is 10.4. The monoisotopic (exact) mass is 251 g/mol. The maximum Gasteiger partial charge on any atom is 0.147 e. The van der Waals surface area contributed by atoms with Crippen LogP contribution in [0.5, 0.6) is 0 Å². The number of anilines is 2. The van der Waals surface area contributed by atoms with Gasteiger partial charge in [0.15, 0.2) is 0 Å². The van der Waals surface area contributed by atoms with Gasteiger partial charge >= 0.3 is 0 Å². The summed E-state index contributed by atoms with van der Waals surface area (Å²) in [6.07, 6.45) is 4.60. The van der Waals surface area contributed by atoms with Crippen LogP contribution in [0.3, 0.4) is 0 Å². The van der Waals surface area contributed by atoms with Crippen molar-refractivity contribution >= 4 is 11.6 Å². The van der Waals surface area contributed by atoms with Crippen LogP contribution in [-0.2, 0) is 0 Å². The standard InChI is InChI=1S/C13H25N5/c1-4-7-15-12-10-14-11-13(17-12)16-8-9-18(5-2)6-3/h10-11H,4-9H2,1-3H3,(H2,15,16,17). The van der Waals surface area contributed by atoms with Gasteiger partial charge in [-0.15, -0.1) is 0 Å². The number of hydrogen-bond donors (Lipinski definition) is 2. The third-order valence-electron chi connectivity index (χ3n) is 2.82. The molecule has 0 radical (unpaired) electrons. The Hall–Kier alpha value is -1.36. The van der Waals surface area contributed by atoms with Crippen LogP contribution in [0, 0.1) is 0 Å². The Morgan fingerprint density at radius 3 is 2.17 bits per heavy atom. The van der Waals surface area contributed by atoms with Crippen molar-refractivity contribution in [3.63, 3.8) is 0 Å². The van der Waals surface area contributed by atoms with Gasteiger partial charge in [-0.3, -0.25) is 4.98 Å². The fourth-order valence-electron chi connectivity index (χ4n) is 1.67. The number of nitrogens with zero attached hydrogens (tertiary/aromatic N) is 3. The molecule has 0 saturated heterocycles. The molecule has 1 rings (SSSR count). The van der Waals surface area contributed by atoms with Gasteiger partial charge in [0.2, 0.25) is 0 Å². The number of nitrogens with one attached hydrogen (secondary N) is 2. The molecule has 0 aliphatic rings. The molecule has 0 aliphatic carbocycles. The minimum atomic E-state index is 0.836. The van der Waals surface area contributed by atoms with Crippen LogP contribution >= 0.6 is 0 Å². The average Bonchev–Trinajstić information content (AvgIpc) is 2.42. The van der Waals surface area contributed by atoms with Crippen molar-refractivity contribution < 1.29 is 0 Å². The third kappa shape index (κ3) is 5.31. The fraction of sp³-hybridized carbons (Fsp3) is 0.692. The summed E-state index contributed by atoms with van der Waals surface area (Å²) in [5.41, 5.74) is 0. The van der Waals surface area contributed by atoms with Crippen molar-refractivity contribution in [1.29, 1.82) is 0 Å². The zero-order valence-electron chi connectivity index (χ0n) is 11.7. The maximum absolute atomic E-state index is 4.46. The first-order valence-electron chi connectivity index (χ1n) is 6.82. The largest absolute Gasteiger partial charge is 0.369 e. The lowest BCUT2D eigenvalue weighted by Crippen LogP contribution is -2.28. The van der Waals surface area contributed by atoms with E-state index in [1.807, 2.05) is 0 Å². The minimum absolute atomic E-state index is 0.836. The molecule has 2 N–H and O–H groups in total. The molecule has 1 heterocycles. The van der Waals surface area contributed by atoms with Crippen LogP contribution in [-0.4, -0.2) is 47.6 Å². The maximum atomic E-state index is 4.46. The zero-order chi connectivity index (χ0) is 13.2. The average molecular weight is 251 g/mol. The number of likely N-dealkylation sites (N-methyl/N-ethyl adjacent to an activating group) is 1. The van der Waals surface area contributed by atoms with Gasteiger partial charge in [0, 0.05) is 19.6 Å². The van der Waals surface area contributed by atoms with Crippen LogP contribution in [0.25, 0.3) is 0 Å². The number of aromatic nitrogens is 2. The van der Waals surface area contributed by atoms with Gasteiger partial charge in [0.05, 0.1) is 12.4 Å². The van der Waals surface area contributed by atoms with Crippen molar-refractivity contribution in [2.24, 2.45) is 0 Å². The molecule has 5 nitrogen and oxygen atoms in total. The van der Waals surface area contributed by atoms with E-state index in [2.05, 4.69) is 46.3 Å². The van der Waals surface area contributed by atoms with Gasteiger partial charge < -0.3 is 15.5 Å². The third-order valence-corrected chi connectivity index (χ3v) is 2.82. The highest BCUT2D eigenvalue weighted by atomic mass is 15.1. The van der Waals surface area contributed by atoms with Crippen molar-refractivity contribution in [2.75, 3.05) is 43.4 Å². The molecule has 102 valence electrons. The quantitative estimate of drug-likeness (QED) is 0.703. The van der Waals surface area contributed by atoms with E-state index in [0.29, 0.717) is 0 Å². The molecule has 1 aromatic heterocycles. The Kier molecular flexibility index (Phi) is 7.10. The van der Waals surface area contributed by atoms with E-state index in [1.165, 1.54) is 0 Å². The predicted octanol–water partition coefficient (Wildman–Crippen LogP) is 2.05. The normalized spacial score (nSPS) is 10.7. The first-order chi connectivity index (χ1) is 8.80. The van der Waals surface area contributed by atoms with Crippen LogP contribution in [0.1, 0.15) is 27.2 Å². The molecular weight excluding hydrogens is 226 g/mol. The summed E-state index contributed by atoms with van der Waals surface area (Å²) in [4.78, 5) is 11.0. The highest BCUT2D eigenvalue weighted by Gasteiger charge is 2.00. The molecule has 0 atom stereocenters. The van der Waals surface area contributed by atoms with Gasteiger partial charge in [0.1, 0.15) is 11.6 Å². The lowest BCUT2D eigenvalue weighted by molar-refractivity contribution is 0.316. The molecule has 0 aromatic carbocycles. The van der Waals surface area contributed by atoms with E-state index in [0.717, 1.165) is 50.8 Å². The Morgan fingerprint density at radius 2 is 1.61 bits per heavy atom. The summed E-state index contributed by atoms with van der Waals surface area (Å²) in [6.45, 7) is 11.5. The topological polar surface area (TPSA) is 53.1 Å². The second-order valence-electron chi connectivity index (χ2n) is 4.17. The van der Waals surface area contributed by atoms with E-state index >= 15 is 0 Å². The smallest absolute Gasteiger partial charge is 0.147 e. The molecule has 0 saturated carbocycles. The van der Waals surface area contributed by atoms with Crippen LogP contribution in [0.15, 0.2) is 12.4 Å². The zero-order valence-corrected chi connectivity index (χ0v) is 11.7. The molecule has 0 unspecified atom stereocenters. The van der Waals surface area contributed by atoms with Crippen LogP contribution in [0.2, 0.25) is 0 Å². The van der Waals surface area contributed by atoms with E-state index in [4.69, 9.17) is 0 Å². The fourth-order valence-corrected chi connectivity index (χ4v) is 1.67. The van der Waals surface area contributed by atoms with Gasteiger partial charge in [-0.25, -0.2) is 4.98 Å². The van der Waals surface area contributed by atoms with E-state index in [-0.39, 0.29) is 0 Å². The summed E-state index contributed by atoms with van der Waals surface area (Å²) in [7, 11) is 0. The van der Waals surface area contributed by atoms with Crippen molar-refractivity contribution in [1.82, 2.24) is 14.9 Å². The van der Waals surface area contributed by atoms with Gasteiger partial charge in [-0.2, -0.15) is 0 Å². The summed E-state index contributed by atoms with van der Waals surface area (Å²) >= 11 is 0. The van der Waals surface area contributed by atoms with Gasteiger partial charge in [-0.1, -0.05) is 20.8 Å². The summed E-state index contributed by atoms with van der Waals surface area (Å²) in [5.74, 6) is 1.67. The predicted molar refractivity (Wildman–Crippen MR) is 77.1 cm³/mol. The van der Waals surface area contributed by atoms with Gasteiger partial charge in [-0.05, 0) is 19.5 Å². The Bertz CT molecular complexity index is 325. The highest BCUT2D eigenvalue weighted by Crippen LogP contribution is 2.06. The molecule has 0 aliphatic heterocycles. The van der Waals surface area contributed by atoms with Crippen molar-refractivity contribution in [3.8, 4) is 0 Å². The lowest BCUT2D eigenvalue weighted by Gasteiger charge is -2.18. The summed E-state index contributed by atoms with van der Waals surface area (Å²) in [6, 6.07) is 0. The summed E-state index contributed by atoms with van der Waals surface area (Å²) in [5, 5.41) is 6.54. The van der Waals surface area contributed by atoms with Gasteiger partial charge in [0.25, 0.3) is 0 Å². The number of hydrogen-bond acceptors (Lipinski definition) is 5. The molecular formula is C13H25N5. The summed E-state index contributed by atoms with van der Waals surface area (Å²) < 4.78 is 0. The van der Waals surface area contributed by atoms with E-state index in [9.17, 15) is 0 Å². The Morgan fingerprint density at radius 1 is 1.00 bits per heavy atom. The first kappa shape index (κ1) is 14.7. The first-order valence-corrected chi connectivity index (χ1v) is 6.82. The molecule has 1 aromatic rings. The van der Waals surface area contributed by atoms with E-state index < -0.39 is 0 Å². The molecule has 0 fully saturated rings. The van der Waals surface area contributed by atoms with Crippen molar-refractivity contribution in [2.45, 2.75) is 27.2 Å². The molecule has 0 spiro atoms. The van der Waals surface area contributed by atoms with Crippen LogP contribution < -0.4 is 10.6 Å². The number of rotatable bonds is 9. The Balaban J connectivity index is 2.37. The second-order valence-corrected chi connectivity index (χ2v) is 4.17. The SMILES string of the molecule is CCCNc1cncc(NCCN(CC)CC)n1. The molecule has 18 heavy (non-hydrogen) atoms. The molecule has 0 bridgehead atoms.